The highest BCUT2D eigenvalue weighted by Gasteiger charge is 2.07. The number of fused-ring (bicyclic) bond motifs is 1. The van der Waals surface area contributed by atoms with Crippen LogP contribution in [0.5, 0.6) is 0 Å². The summed E-state index contributed by atoms with van der Waals surface area (Å²) in [5.41, 5.74) is 1.93. The van der Waals surface area contributed by atoms with Gasteiger partial charge in [0.25, 0.3) is 0 Å². The average Bonchev–Trinajstić information content (AvgIpc) is 2.21. The third-order valence-electron chi connectivity index (χ3n) is 2.38. The van der Waals surface area contributed by atoms with Gasteiger partial charge in [0.05, 0.1) is 5.52 Å². The summed E-state index contributed by atoms with van der Waals surface area (Å²) in [6.45, 7) is 2.12. The number of nitrogens with zero attached hydrogens (tertiary/aromatic N) is 1. The average molecular weight is 319 g/mol. The van der Waals surface area contributed by atoms with E-state index in [-0.39, 0.29) is 0 Å². The molecular formula is C12H10BrCl2N. The molecule has 1 aromatic heterocycles. The van der Waals surface area contributed by atoms with Crippen molar-refractivity contribution in [3.63, 3.8) is 0 Å². The minimum Gasteiger partial charge on any atom is -0.235 e. The van der Waals surface area contributed by atoms with Gasteiger partial charge in [-0.3, -0.25) is 0 Å². The standard InChI is InChI=1S/C12H10BrCl2N/c1-2-3-7-4-8-5-9(14)6-10(13)11(8)16-12(7)15/h4-6H,2-3H2,1H3. The summed E-state index contributed by atoms with van der Waals surface area (Å²) < 4.78 is 0.875. The van der Waals surface area contributed by atoms with Crippen molar-refractivity contribution in [2.24, 2.45) is 0 Å². The first-order chi connectivity index (χ1) is 7.61. The Morgan fingerprint density at radius 2 is 2.00 bits per heavy atom. The van der Waals surface area contributed by atoms with Crippen LogP contribution in [0.15, 0.2) is 22.7 Å². The minimum atomic E-state index is 0.581. The van der Waals surface area contributed by atoms with Crippen LogP contribution in [0.1, 0.15) is 18.9 Å². The molecule has 4 heteroatoms. The molecule has 0 aliphatic heterocycles. The predicted molar refractivity (Wildman–Crippen MR) is 73.5 cm³/mol. The van der Waals surface area contributed by atoms with Gasteiger partial charge < -0.3 is 0 Å². The Bertz CT molecular complexity index is 540. The van der Waals surface area contributed by atoms with Gasteiger partial charge in [-0.05, 0) is 46.1 Å². The molecule has 0 saturated heterocycles. The van der Waals surface area contributed by atoms with Crippen LogP contribution in [0.2, 0.25) is 10.2 Å². The van der Waals surface area contributed by atoms with Gasteiger partial charge in [-0.25, -0.2) is 4.98 Å². The predicted octanol–water partition coefficient (Wildman–Crippen LogP) is 5.26. The smallest absolute Gasteiger partial charge is 0.133 e. The number of hydrogen-bond donors (Lipinski definition) is 0. The second-order valence-electron chi connectivity index (χ2n) is 3.65. The van der Waals surface area contributed by atoms with Crippen molar-refractivity contribution in [1.82, 2.24) is 4.98 Å². The second-order valence-corrected chi connectivity index (χ2v) is 5.30. The zero-order chi connectivity index (χ0) is 11.7. The molecule has 2 aromatic rings. The van der Waals surface area contributed by atoms with E-state index < -0.39 is 0 Å². The number of benzene rings is 1. The first-order valence-electron chi connectivity index (χ1n) is 5.06. The molecule has 0 bridgehead atoms. The Morgan fingerprint density at radius 3 is 2.69 bits per heavy atom. The first kappa shape index (κ1) is 12.2. The number of rotatable bonds is 2. The maximum atomic E-state index is 6.13. The quantitative estimate of drug-likeness (QED) is 0.688. The van der Waals surface area contributed by atoms with E-state index in [0.717, 1.165) is 33.8 Å². The van der Waals surface area contributed by atoms with Gasteiger partial charge in [0.2, 0.25) is 0 Å². The normalized spacial score (nSPS) is 11.0. The Labute approximate surface area is 113 Å². The van der Waals surface area contributed by atoms with Gasteiger partial charge in [0, 0.05) is 14.9 Å². The van der Waals surface area contributed by atoms with Crippen molar-refractivity contribution in [2.45, 2.75) is 19.8 Å². The molecule has 0 amide bonds. The molecule has 0 atom stereocenters. The van der Waals surface area contributed by atoms with Crippen LogP contribution in [0.3, 0.4) is 0 Å². The summed E-state index contributed by atoms with van der Waals surface area (Å²) in [4.78, 5) is 4.39. The molecule has 1 aromatic carbocycles. The Morgan fingerprint density at radius 1 is 1.25 bits per heavy atom. The molecule has 0 radical (unpaired) electrons. The summed E-state index contributed by atoms with van der Waals surface area (Å²) in [6, 6.07) is 5.79. The number of halogens is 3. The minimum absolute atomic E-state index is 0.581. The fourth-order valence-electron chi connectivity index (χ4n) is 1.68. The zero-order valence-electron chi connectivity index (χ0n) is 8.73. The maximum Gasteiger partial charge on any atom is 0.133 e. The molecule has 16 heavy (non-hydrogen) atoms. The van der Waals surface area contributed by atoms with Crippen molar-refractivity contribution < 1.29 is 0 Å². The van der Waals surface area contributed by atoms with Crippen molar-refractivity contribution in [3.05, 3.63) is 38.4 Å². The first-order valence-corrected chi connectivity index (χ1v) is 6.61. The maximum absolute atomic E-state index is 6.13. The topological polar surface area (TPSA) is 12.9 Å². The fourth-order valence-corrected chi connectivity index (χ4v) is 2.83. The molecule has 0 unspecified atom stereocenters. The fraction of sp³-hybridized carbons (Fsp3) is 0.250. The van der Waals surface area contributed by atoms with Gasteiger partial charge >= 0.3 is 0 Å². The van der Waals surface area contributed by atoms with E-state index in [1.807, 2.05) is 12.1 Å². The van der Waals surface area contributed by atoms with Crippen LogP contribution < -0.4 is 0 Å². The van der Waals surface area contributed by atoms with E-state index in [9.17, 15) is 0 Å². The highest BCUT2D eigenvalue weighted by Crippen LogP contribution is 2.30. The van der Waals surface area contributed by atoms with E-state index in [2.05, 4.69) is 33.9 Å². The zero-order valence-corrected chi connectivity index (χ0v) is 11.8. The Hall–Kier alpha value is -0.310. The van der Waals surface area contributed by atoms with Crippen LogP contribution in [0.25, 0.3) is 10.9 Å². The lowest BCUT2D eigenvalue weighted by atomic mass is 10.1. The molecule has 0 N–H and O–H groups in total. The second kappa shape index (κ2) is 4.91. The van der Waals surface area contributed by atoms with E-state index in [0.29, 0.717) is 10.2 Å². The lowest BCUT2D eigenvalue weighted by Gasteiger charge is -2.06. The molecule has 2 rings (SSSR count). The largest absolute Gasteiger partial charge is 0.235 e. The van der Waals surface area contributed by atoms with Crippen molar-refractivity contribution >= 4 is 50.0 Å². The Balaban J connectivity index is 2.69. The SMILES string of the molecule is CCCc1cc2cc(Cl)cc(Br)c2nc1Cl. The van der Waals surface area contributed by atoms with E-state index in [1.54, 1.807) is 0 Å². The summed E-state index contributed by atoms with van der Waals surface area (Å²) in [5.74, 6) is 0. The van der Waals surface area contributed by atoms with Gasteiger partial charge in [-0.2, -0.15) is 0 Å². The van der Waals surface area contributed by atoms with Crippen LogP contribution in [0, 0.1) is 0 Å². The molecule has 0 aliphatic carbocycles. The summed E-state index contributed by atoms with van der Waals surface area (Å²) >= 11 is 15.6. The molecule has 0 fully saturated rings. The Kier molecular flexibility index (Phi) is 3.73. The highest BCUT2D eigenvalue weighted by molar-refractivity contribution is 9.10. The monoisotopic (exact) mass is 317 g/mol. The number of aryl methyl sites for hydroxylation is 1. The highest BCUT2D eigenvalue weighted by atomic mass is 79.9. The van der Waals surface area contributed by atoms with Crippen LogP contribution in [0.4, 0.5) is 0 Å². The van der Waals surface area contributed by atoms with Crippen molar-refractivity contribution in [2.75, 3.05) is 0 Å². The summed E-state index contributed by atoms with van der Waals surface area (Å²) in [5, 5.41) is 2.30. The molecule has 0 aliphatic rings. The third kappa shape index (κ3) is 2.34. The summed E-state index contributed by atoms with van der Waals surface area (Å²) in [6.07, 6.45) is 1.99. The van der Waals surface area contributed by atoms with Crippen molar-refractivity contribution in [3.8, 4) is 0 Å². The van der Waals surface area contributed by atoms with Crippen LogP contribution in [-0.2, 0) is 6.42 Å². The molecule has 1 heterocycles. The lowest BCUT2D eigenvalue weighted by Crippen LogP contribution is -1.90. The van der Waals surface area contributed by atoms with Crippen molar-refractivity contribution in [1.29, 1.82) is 0 Å². The molecular weight excluding hydrogens is 309 g/mol. The van der Waals surface area contributed by atoms with Gasteiger partial charge in [0.15, 0.2) is 0 Å². The van der Waals surface area contributed by atoms with Crippen LogP contribution >= 0.6 is 39.1 Å². The lowest BCUT2D eigenvalue weighted by molar-refractivity contribution is 0.917. The van der Waals surface area contributed by atoms with Crippen LogP contribution in [-0.4, -0.2) is 4.98 Å². The number of pyridine rings is 1. The molecule has 0 saturated carbocycles. The number of aromatic nitrogens is 1. The third-order valence-corrected chi connectivity index (χ3v) is 3.53. The van der Waals surface area contributed by atoms with Gasteiger partial charge in [0.1, 0.15) is 5.15 Å². The number of hydrogen-bond acceptors (Lipinski definition) is 1. The molecule has 84 valence electrons. The van der Waals surface area contributed by atoms with Gasteiger partial charge in [-0.15, -0.1) is 0 Å². The van der Waals surface area contributed by atoms with E-state index in [4.69, 9.17) is 23.2 Å². The molecule has 0 spiro atoms. The van der Waals surface area contributed by atoms with E-state index >= 15 is 0 Å². The summed E-state index contributed by atoms with van der Waals surface area (Å²) in [7, 11) is 0. The van der Waals surface area contributed by atoms with Gasteiger partial charge in [-0.1, -0.05) is 36.5 Å². The molecule has 1 nitrogen and oxygen atoms in total. The van der Waals surface area contributed by atoms with E-state index in [1.165, 1.54) is 0 Å².